The molecule has 2 atom stereocenters. The zero-order chi connectivity index (χ0) is 22.6. The Morgan fingerprint density at radius 2 is 1.65 bits per heavy atom. The summed E-state index contributed by atoms with van der Waals surface area (Å²) in [6, 6.07) is 17.8. The van der Waals surface area contributed by atoms with E-state index in [-0.39, 0.29) is 43.6 Å². The van der Waals surface area contributed by atoms with Gasteiger partial charge in [0.25, 0.3) is 0 Å². The van der Waals surface area contributed by atoms with Crippen molar-refractivity contribution < 1.29 is 19.1 Å². The second-order valence-corrected chi connectivity index (χ2v) is 7.44. The minimum absolute atomic E-state index is 0.0452. The number of carbonyl (C=O) groups is 3. The average Bonchev–Trinajstić information content (AvgIpc) is 2.77. The van der Waals surface area contributed by atoms with E-state index in [0.29, 0.717) is 6.42 Å². The highest BCUT2D eigenvalue weighted by atomic mass is 16.5. The largest absolute Gasteiger partial charge is 0.465 e. The summed E-state index contributed by atoms with van der Waals surface area (Å²) in [5.74, 6) is 0.983. The fourth-order valence-corrected chi connectivity index (χ4v) is 3.29. The van der Waals surface area contributed by atoms with Gasteiger partial charge in [-0.2, -0.15) is 0 Å². The molecule has 0 fully saturated rings. The standard InChI is InChI=1S/C26H29NO4/c1-4-21(26(30)31-5-2)18-24(27-25(29)16-11-19(3)28)17-20-12-14-23(15-13-20)22-9-7-6-8-10-22/h1,6-10,12-15,21,24H,5,11,16-18H2,2-3H3,(H,27,29)/t21-,24-/m1/s1. The van der Waals surface area contributed by atoms with Crippen molar-refractivity contribution in [2.45, 2.75) is 45.6 Å². The molecule has 0 spiro atoms. The molecular formula is C26H29NO4. The number of carbonyl (C=O) groups excluding carboxylic acids is 3. The average molecular weight is 420 g/mol. The van der Waals surface area contributed by atoms with E-state index in [1.54, 1.807) is 6.92 Å². The van der Waals surface area contributed by atoms with Crippen molar-refractivity contribution in [1.82, 2.24) is 5.32 Å². The maximum Gasteiger partial charge on any atom is 0.321 e. The molecule has 162 valence electrons. The summed E-state index contributed by atoms with van der Waals surface area (Å²) in [5, 5.41) is 2.93. The Balaban J connectivity index is 2.13. The van der Waals surface area contributed by atoms with Gasteiger partial charge >= 0.3 is 5.97 Å². The van der Waals surface area contributed by atoms with Crippen LogP contribution in [0.2, 0.25) is 0 Å². The summed E-state index contributed by atoms with van der Waals surface area (Å²) < 4.78 is 5.06. The van der Waals surface area contributed by atoms with Crippen LogP contribution in [0.1, 0.15) is 38.7 Å². The van der Waals surface area contributed by atoms with E-state index >= 15 is 0 Å². The number of amides is 1. The Morgan fingerprint density at radius 1 is 1.00 bits per heavy atom. The Kier molecular flexibility index (Phi) is 9.51. The third-order valence-corrected chi connectivity index (χ3v) is 4.90. The Hall–Kier alpha value is -3.39. The van der Waals surface area contributed by atoms with E-state index in [4.69, 9.17) is 11.2 Å². The van der Waals surface area contributed by atoms with E-state index in [1.807, 2.05) is 54.6 Å². The third kappa shape index (κ3) is 8.10. The molecule has 0 saturated heterocycles. The molecule has 0 aromatic heterocycles. The first-order valence-electron chi connectivity index (χ1n) is 10.5. The predicted molar refractivity (Wildman–Crippen MR) is 121 cm³/mol. The zero-order valence-corrected chi connectivity index (χ0v) is 18.1. The molecule has 0 bridgehead atoms. The predicted octanol–water partition coefficient (Wildman–Crippen LogP) is 3.95. The molecule has 1 N–H and O–H groups in total. The van der Waals surface area contributed by atoms with Gasteiger partial charge in [0.05, 0.1) is 6.61 Å². The van der Waals surface area contributed by atoms with E-state index < -0.39 is 11.9 Å². The van der Waals surface area contributed by atoms with Gasteiger partial charge in [-0.05, 0) is 43.4 Å². The fourth-order valence-electron chi connectivity index (χ4n) is 3.29. The molecule has 5 nitrogen and oxygen atoms in total. The van der Waals surface area contributed by atoms with Crippen molar-refractivity contribution in [1.29, 1.82) is 0 Å². The highest BCUT2D eigenvalue weighted by Gasteiger charge is 2.24. The van der Waals surface area contributed by atoms with Gasteiger partial charge in [-0.3, -0.25) is 9.59 Å². The van der Waals surface area contributed by atoms with Gasteiger partial charge in [-0.1, -0.05) is 60.5 Å². The summed E-state index contributed by atoms with van der Waals surface area (Å²) in [4.78, 5) is 35.7. The van der Waals surface area contributed by atoms with Gasteiger partial charge < -0.3 is 14.8 Å². The lowest BCUT2D eigenvalue weighted by atomic mass is 9.94. The van der Waals surface area contributed by atoms with E-state index in [1.165, 1.54) is 6.92 Å². The highest BCUT2D eigenvalue weighted by molar-refractivity contribution is 5.83. The van der Waals surface area contributed by atoms with Crippen LogP contribution in [0.5, 0.6) is 0 Å². The maximum absolute atomic E-state index is 12.3. The van der Waals surface area contributed by atoms with Gasteiger partial charge in [-0.25, -0.2) is 0 Å². The van der Waals surface area contributed by atoms with E-state index in [9.17, 15) is 14.4 Å². The van der Waals surface area contributed by atoms with Crippen LogP contribution in [-0.4, -0.2) is 30.3 Å². The molecule has 2 aromatic rings. The highest BCUT2D eigenvalue weighted by Crippen LogP contribution is 2.21. The van der Waals surface area contributed by atoms with Crippen LogP contribution in [0, 0.1) is 18.3 Å². The molecular weight excluding hydrogens is 390 g/mol. The topological polar surface area (TPSA) is 72.5 Å². The van der Waals surface area contributed by atoms with Crippen LogP contribution in [0.15, 0.2) is 54.6 Å². The number of ether oxygens (including phenoxy) is 1. The van der Waals surface area contributed by atoms with Crippen LogP contribution in [0.25, 0.3) is 11.1 Å². The van der Waals surface area contributed by atoms with Crippen molar-refractivity contribution in [3.05, 3.63) is 60.2 Å². The Labute approximate surface area is 184 Å². The summed E-state index contributed by atoms with van der Waals surface area (Å²) in [6.07, 6.45) is 6.62. The lowest BCUT2D eigenvalue weighted by Gasteiger charge is -2.21. The first-order valence-corrected chi connectivity index (χ1v) is 10.5. The second kappa shape index (κ2) is 12.3. The molecule has 0 aliphatic rings. The number of nitrogens with one attached hydrogen (secondary N) is 1. The molecule has 5 heteroatoms. The van der Waals surface area contributed by atoms with Gasteiger partial charge in [0, 0.05) is 18.9 Å². The number of terminal acetylenes is 1. The quantitative estimate of drug-likeness (QED) is 0.442. The molecule has 31 heavy (non-hydrogen) atoms. The lowest BCUT2D eigenvalue weighted by molar-refractivity contribution is -0.146. The molecule has 0 saturated carbocycles. The minimum atomic E-state index is -0.748. The number of hydrogen-bond donors (Lipinski definition) is 1. The van der Waals surface area contributed by atoms with Crippen LogP contribution >= 0.6 is 0 Å². The molecule has 2 aromatic carbocycles. The zero-order valence-electron chi connectivity index (χ0n) is 18.1. The molecule has 1 amide bonds. The van der Waals surface area contributed by atoms with Gasteiger partial charge in [0.2, 0.25) is 5.91 Å². The Bertz CT molecular complexity index is 913. The summed E-state index contributed by atoms with van der Waals surface area (Å²) in [5.41, 5.74) is 3.23. The number of rotatable bonds is 11. The molecule has 2 rings (SSSR count). The molecule has 0 radical (unpaired) electrons. The summed E-state index contributed by atoms with van der Waals surface area (Å²) >= 11 is 0. The smallest absolute Gasteiger partial charge is 0.321 e. The van der Waals surface area contributed by atoms with Crippen molar-refractivity contribution >= 4 is 17.7 Å². The van der Waals surface area contributed by atoms with E-state index in [0.717, 1.165) is 16.7 Å². The summed E-state index contributed by atoms with van der Waals surface area (Å²) in [6.45, 7) is 3.42. The molecule has 0 unspecified atom stereocenters. The van der Waals surface area contributed by atoms with Crippen LogP contribution in [0.4, 0.5) is 0 Å². The number of ketones is 1. The number of benzene rings is 2. The Morgan fingerprint density at radius 3 is 2.23 bits per heavy atom. The number of hydrogen-bond acceptors (Lipinski definition) is 4. The number of esters is 1. The summed E-state index contributed by atoms with van der Waals surface area (Å²) in [7, 11) is 0. The monoisotopic (exact) mass is 419 g/mol. The van der Waals surface area contributed by atoms with Gasteiger partial charge in [0.15, 0.2) is 0 Å². The maximum atomic E-state index is 12.3. The van der Waals surface area contributed by atoms with Crippen molar-refractivity contribution in [2.75, 3.05) is 6.61 Å². The van der Waals surface area contributed by atoms with Crippen molar-refractivity contribution in [3.8, 4) is 23.5 Å². The van der Waals surface area contributed by atoms with Crippen LogP contribution in [-0.2, 0) is 25.5 Å². The van der Waals surface area contributed by atoms with E-state index in [2.05, 4.69) is 11.2 Å². The first-order chi connectivity index (χ1) is 14.9. The minimum Gasteiger partial charge on any atom is -0.465 e. The van der Waals surface area contributed by atoms with Crippen molar-refractivity contribution in [3.63, 3.8) is 0 Å². The SMILES string of the molecule is C#C[C@H](C[C@@H](Cc1ccc(-c2ccccc2)cc1)NC(=O)CCC(C)=O)C(=O)OCC. The van der Waals surface area contributed by atoms with Gasteiger partial charge in [0.1, 0.15) is 11.7 Å². The molecule has 0 aliphatic heterocycles. The third-order valence-electron chi connectivity index (χ3n) is 4.90. The second-order valence-electron chi connectivity index (χ2n) is 7.44. The fraction of sp³-hybridized carbons (Fsp3) is 0.346. The normalized spacial score (nSPS) is 12.3. The lowest BCUT2D eigenvalue weighted by Crippen LogP contribution is -2.39. The molecule has 0 aliphatic carbocycles. The van der Waals surface area contributed by atoms with Gasteiger partial charge in [-0.15, -0.1) is 6.42 Å². The van der Waals surface area contributed by atoms with Crippen LogP contribution < -0.4 is 5.32 Å². The molecule has 0 heterocycles. The van der Waals surface area contributed by atoms with Crippen LogP contribution in [0.3, 0.4) is 0 Å². The number of Topliss-reactive ketones (excluding diaryl/α,β-unsaturated/α-hetero) is 1. The first kappa shape index (κ1) is 23.9. The van der Waals surface area contributed by atoms with Crippen molar-refractivity contribution in [2.24, 2.45) is 5.92 Å².